The van der Waals surface area contributed by atoms with Crippen molar-refractivity contribution in [1.29, 1.82) is 0 Å². The fraction of sp³-hybridized carbons (Fsp3) is 0.250. The largest absolute Gasteiger partial charge is 0.497 e. The molecule has 1 aliphatic heterocycles. The third kappa shape index (κ3) is 4.26. The van der Waals surface area contributed by atoms with Gasteiger partial charge in [-0.05, 0) is 36.8 Å². The van der Waals surface area contributed by atoms with E-state index in [9.17, 15) is 4.79 Å². The summed E-state index contributed by atoms with van der Waals surface area (Å²) in [6.45, 7) is 2.64. The van der Waals surface area contributed by atoms with Crippen LogP contribution in [0.25, 0.3) is 6.08 Å². The highest BCUT2D eigenvalue weighted by Crippen LogP contribution is 2.36. The van der Waals surface area contributed by atoms with Crippen molar-refractivity contribution in [2.75, 3.05) is 20.3 Å². The molecule has 0 fully saturated rings. The number of nitrogens with one attached hydrogen (secondary N) is 1. The molecule has 1 aromatic heterocycles. The molecule has 160 valence electrons. The monoisotopic (exact) mass is 419 g/mol. The Hall–Kier alpha value is -3.74. The Labute approximate surface area is 181 Å². The van der Waals surface area contributed by atoms with Crippen molar-refractivity contribution in [2.24, 2.45) is 7.05 Å². The molecule has 0 unspecified atom stereocenters. The molecule has 7 heteroatoms. The minimum Gasteiger partial charge on any atom is -0.497 e. The fourth-order valence-corrected chi connectivity index (χ4v) is 3.55. The van der Waals surface area contributed by atoms with Gasteiger partial charge in [0.05, 0.1) is 19.3 Å². The zero-order valence-electron chi connectivity index (χ0n) is 17.8. The van der Waals surface area contributed by atoms with Gasteiger partial charge in [-0.25, -0.2) is 4.98 Å². The summed E-state index contributed by atoms with van der Waals surface area (Å²) in [5.74, 6) is 2.61. The predicted octanol–water partition coefficient (Wildman–Crippen LogP) is 3.51. The van der Waals surface area contributed by atoms with Crippen LogP contribution in [0.15, 0.2) is 60.4 Å². The number of imidazole rings is 1. The topological polar surface area (TPSA) is 74.6 Å². The van der Waals surface area contributed by atoms with Crippen LogP contribution in [0.4, 0.5) is 0 Å². The van der Waals surface area contributed by atoms with E-state index >= 15 is 0 Å². The summed E-state index contributed by atoms with van der Waals surface area (Å²) in [6, 6.07) is 12.8. The molecule has 0 saturated heterocycles. The van der Waals surface area contributed by atoms with Crippen LogP contribution in [-0.4, -0.2) is 35.8 Å². The van der Waals surface area contributed by atoms with Gasteiger partial charge in [-0.15, -0.1) is 0 Å². The minimum atomic E-state index is -0.421. The Morgan fingerprint density at radius 2 is 2.06 bits per heavy atom. The van der Waals surface area contributed by atoms with Crippen LogP contribution in [0.5, 0.6) is 17.2 Å². The average molecular weight is 419 g/mol. The van der Waals surface area contributed by atoms with E-state index in [0.29, 0.717) is 23.7 Å². The predicted molar refractivity (Wildman–Crippen MR) is 117 cm³/mol. The molecule has 1 N–H and O–H groups in total. The Balaban J connectivity index is 1.62. The van der Waals surface area contributed by atoms with Crippen LogP contribution >= 0.6 is 0 Å². The molecule has 1 atom stereocenters. The van der Waals surface area contributed by atoms with Crippen LogP contribution in [-0.2, 0) is 11.8 Å². The number of amides is 1. The molecule has 0 bridgehead atoms. The molecule has 0 radical (unpaired) electrons. The summed E-state index contributed by atoms with van der Waals surface area (Å²) in [4.78, 5) is 17.6. The summed E-state index contributed by atoms with van der Waals surface area (Å²) in [5.41, 5.74) is 2.26. The van der Waals surface area contributed by atoms with Gasteiger partial charge in [0, 0.05) is 25.0 Å². The molecule has 1 amide bonds. The molecule has 2 heterocycles. The van der Waals surface area contributed by atoms with Gasteiger partial charge in [0.1, 0.15) is 24.2 Å². The molecule has 1 aliphatic rings. The number of aryl methyl sites for hydroxylation is 1. The Kier molecular flexibility index (Phi) is 5.93. The van der Waals surface area contributed by atoms with Crippen molar-refractivity contribution in [3.05, 3.63) is 77.4 Å². The molecule has 3 aromatic rings. The van der Waals surface area contributed by atoms with E-state index < -0.39 is 6.04 Å². The van der Waals surface area contributed by atoms with Crippen molar-refractivity contribution in [1.82, 2.24) is 14.9 Å². The second-order valence-electron chi connectivity index (χ2n) is 7.14. The minimum absolute atomic E-state index is 0.165. The van der Waals surface area contributed by atoms with E-state index in [0.717, 1.165) is 22.7 Å². The standard InChI is InChI=1S/C24H25N3O4/c1-4-30-20-7-5-6-17-14-18(15-31-22(17)20)24(28)26-21(23-25-12-13-27(23)2)16-8-10-19(29-3)11-9-16/h5-14,21H,4,15H2,1-3H3,(H,26,28)/t21-/m0/s1. The Bertz CT molecular complexity index is 1100. The van der Waals surface area contributed by atoms with Crippen molar-refractivity contribution in [3.8, 4) is 17.2 Å². The van der Waals surface area contributed by atoms with Crippen LogP contribution in [0.3, 0.4) is 0 Å². The van der Waals surface area contributed by atoms with Gasteiger partial charge in [-0.3, -0.25) is 4.79 Å². The number of carbonyl (C=O) groups is 1. The van der Waals surface area contributed by atoms with Gasteiger partial charge in [-0.1, -0.05) is 24.3 Å². The first-order chi connectivity index (χ1) is 15.1. The van der Waals surface area contributed by atoms with Crippen molar-refractivity contribution >= 4 is 12.0 Å². The van der Waals surface area contributed by atoms with E-state index in [1.807, 2.05) is 73.3 Å². The second-order valence-corrected chi connectivity index (χ2v) is 7.14. The molecular weight excluding hydrogens is 394 g/mol. The number of benzene rings is 2. The summed E-state index contributed by atoms with van der Waals surface area (Å²) in [5, 5.41) is 3.11. The maximum absolute atomic E-state index is 13.2. The molecule has 4 rings (SSSR count). The van der Waals surface area contributed by atoms with Crippen molar-refractivity contribution in [3.63, 3.8) is 0 Å². The lowest BCUT2D eigenvalue weighted by molar-refractivity contribution is -0.118. The van der Waals surface area contributed by atoms with Crippen molar-refractivity contribution < 1.29 is 19.0 Å². The first-order valence-electron chi connectivity index (χ1n) is 10.1. The van der Waals surface area contributed by atoms with Gasteiger partial charge in [0.2, 0.25) is 0 Å². The van der Waals surface area contributed by atoms with Gasteiger partial charge >= 0.3 is 0 Å². The van der Waals surface area contributed by atoms with Gasteiger partial charge in [0.25, 0.3) is 5.91 Å². The zero-order chi connectivity index (χ0) is 21.8. The van der Waals surface area contributed by atoms with Gasteiger partial charge in [-0.2, -0.15) is 0 Å². The number of hydrogen-bond acceptors (Lipinski definition) is 5. The van der Waals surface area contributed by atoms with Crippen molar-refractivity contribution in [2.45, 2.75) is 13.0 Å². The van der Waals surface area contributed by atoms with E-state index in [4.69, 9.17) is 14.2 Å². The number of para-hydroxylation sites is 1. The maximum Gasteiger partial charge on any atom is 0.251 e. The van der Waals surface area contributed by atoms with Crippen LogP contribution < -0.4 is 19.5 Å². The van der Waals surface area contributed by atoms with Gasteiger partial charge < -0.3 is 24.1 Å². The molecule has 0 aliphatic carbocycles. The summed E-state index contributed by atoms with van der Waals surface area (Å²) < 4.78 is 18.7. The molecule has 31 heavy (non-hydrogen) atoms. The lowest BCUT2D eigenvalue weighted by Gasteiger charge is -2.23. The van der Waals surface area contributed by atoms with E-state index in [-0.39, 0.29) is 12.5 Å². The Morgan fingerprint density at radius 3 is 2.74 bits per heavy atom. The highest BCUT2D eigenvalue weighted by molar-refractivity contribution is 5.99. The average Bonchev–Trinajstić information content (AvgIpc) is 3.23. The normalized spacial score (nSPS) is 13.5. The molecule has 2 aromatic carbocycles. The number of ether oxygens (including phenoxy) is 3. The SMILES string of the molecule is CCOc1cccc2c1OCC(C(=O)N[C@@H](c1ccc(OC)cc1)c1nccn1C)=C2. The highest BCUT2D eigenvalue weighted by atomic mass is 16.5. The third-order valence-corrected chi connectivity index (χ3v) is 5.14. The van der Waals surface area contributed by atoms with Gasteiger partial charge in [0.15, 0.2) is 11.5 Å². The number of carbonyl (C=O) groups excluding carboxylic acids is 1. The summed E-state index contributed by atoms with van der Waals surface area (Å²) >= 11 is 0. The van der Waals surface area contributed by atoms with Crippen LogP contribution in [0.2, 0.25) is 0 Å². The van der Waals surface area contributed by atoms with Crippen LogP contribution in [0.1, 0.15) is 29.9 Å². The lowest BCUT2D eigenvalue weighted by Crippen LogP contribution is -2.34. The number of hydrogen-bond donors (Lipinski definition) is 1. The molecule has 0 spiro atoms. The first-order valence-corrected chi connectivity index (χ1v) is 10.1. The maximum atomic E-state index is 13.2. The number of methoxy groups -OCH3 is 1. The first kappa shape index (κ1) is 20.5. The quantitative estimate of drug-likeness (QED) is 0.634. The lowest BCUT2D eigenvalue weighted by atomic mass is 10.0. The Morgan fingerprint density at radius 1 is 1.26 bits per heavy atom. The number of fused-ring (bicyclic) bond motifs is 1. The van der Waals surface area contributed by atoms with E-state index in [1.54, 1.807) is 13.3 Å². The molecular formula is C24H25N3O4. The number of rotatable bonds is 7. The summed E-state index contributed by atoms with van der Waals surface area (Å²) in [7, 11) is 3.52. The molecule has 0 saturated carbocycles. The van der Waals surface area contributed by atoms with E-state index in [1.165, 1.54) is 0 Å². The zero-order valence-corrected chi connectivity index (χ0v) is 17.8. The fourth-order valence-electron chi connectivity index (χ4n) is 3.55. The number of nitrogens with zero attached hydrogens (tertiary/aromatic N) is 2. The smallest absolute Gasteiger partial charge is 0.251 e. The number of aromatic nitrogens is 2. The summed E-state index contributed by atoms with van der Waals surface area (Å²) in [6.07, 6.45) is 5.42. The van der Waals surface area contributed by atoms with Crippen LogP contribution in [0, 0.1) is 0 Å². The highest BCUT2D eigenvalue weighted by Gasteiger charge is 2.25. The third-order valence-electron chi connectivity index (χ3n) is 5.14. The van der Waals surface area contributed by atoms with E-state index in [2.05, 4.69) is 10.3 Å². The molecule has 7 nitrogen and oxygen atoms in total. The second kappa shape index (κ2) is 8.95.